The third kappa shape index (κ3) is 4.26. The SMILES string of the molecule is O=C(CNC(=O)N1CCN(c2cccs2)CC1)Nc1ccccc1. The van der Waals surface area contributed by atoms with Gasteiger partial charge in [0, 0.05) is 31.9 Å². The van der Waals surface area contributed by atoms with E-state index in [4.69, 9.17) is 0 Å². The van der Waals surface area contributed by atoms with Crippen LogP contribution in [0.2, 0.25) is 0 Å². The lowest BCUT2D eigenvalue weighted by Gasteiger charge is -2.35. The monoisotopic (exact) mass is 344 g/mol. The summed E-state index contributed by atoms with van der Waals surface area (Å²) in [6.07, 6.45) is 0. The van der Waals surface area contributed by atoms with E-state index in [9.17, 15) is 9.59 Å². The molecule has 0 radical (unpaired) electrons. The molecule has 0 unspecified atom stereocenters. The van der Waals surface area contributed by atoms with Gasteiger partial charge in [0.25, 0.3) is 0 Å². The lowest BCUT2D eigenvalue weighted by molar-refractivity contribution is -0.115. The first kappa shape index (κ1) is 16.3. The summed E-state index contributed by atoms with van der Waals surface area (Å²) in [6, 6.07) is 13.1. The Morgan fingerprint density at radius 1 is 1.00 bits per heavy atom. The van der Waals surface area contributed by atoms with Crippen LogP contribution in [-0.4, -0.2) is 49.6 Å². The number of rotatable bonds is 4. The molecule has 1 aliphatic heterocycles. The first-order valence-corrected chi connectivity index (χ1v) is 8.76. The molecule has 2 N–H and O–H groups in total. The van der Waals surface area contributed by atoms with Crippen LogP contribution in [0.15, 0.2) is 47.8 Å². The lowest BCUT2D eigenvalue weighted by Crippen LogP contribution is -2.52. The van der Waals surface area contributed by atoms with E-state index >= 15 is 0 Å². The second-order valence-corrected chi connectivity index (χ2v) is 6.42. The van der Waals surface area contributed by atoms with Gasteiger partial charge in [-0.15, -0.1) is 11.3 Å². The maximum Gasteiger partial charge on any atom is 0.317 e. The van der Waals surface area contributed by atoms with E-state index in [1.54, 1.807) is 16.2 Å². The first-order chi connectivity index (χ1) is 11.7. The third-order valence-corrected chi connectivity index (χ3v) is 4.77. The van der Waals surface area contributed by atoms with Crippen LogP contribution in [0.1, 0.15) is 0 Å². The summed E-state index contributed by atoms with van der Waals surface area (Å²) in [4.78, 5) is 28.0. The Hall–Kier alpha value is -2.54. The first-order valence-electron chi connectivity index (χ1n) is 7.88. The van der Waals surface area contributed by atoms with Gasteiger partial charge in [-0.05, 0) is 29.6 Å². The molecule has 126 valence electrons. The number of nitrogens with one attached hydrogen (secondary N) is 2. The standard InChI is InChI=1S/C17H20N4O2S/c22-15(19-14-5-2-1-3-6-14)13-18-17(23)21-10-8-20(9-11-21)16-7-4-12-24-16/h1-7,12H,8-11,13H2,(H,18,23)(H,19,22). The molecule has 3 amide bonds. The number of anilines is 2. The molecule has 1 saturated heterocycles. The molecule has 2 heterocycles. The number of amides is 3. The quantitative estimate of drug-likeness (QED) is 0.894. The summed E-state index contributed by atoms with van der Waals surface area (Å²) < 4.78 is 0. The second kappa shape index (κ2) is 7.83. The zero-order valence-corrected chi connectivity index (χ0v) is 14.1. The average Bonchev–Trinajstić information content (AvgIpc) is 3.15. The van der Waals surface area contributed by atoms with Crippen LogP contribution in [0.4, 0.5) is 15.5 Å². The van der Waals surface area contributed by atoms with E-state index in [1.807, 2.05) is 36.4 Å². The van der Waals surface area contributed by atoms with Crippen molar-refractivity contribution in [1.82, 2.24) is 10.2 Å². The van der Waals surface area contributed by atoms with Gasteiger partial charge in [0.15, 0.2) is 0 Å². The van der Waals surface area contributed by atoms with Gasteiger partial charge in [0.1, 0.15) is 0 Å². The zero-order valence-electron chi connectivity index (χ0n) is 13.3. The molecule has 0 saturated carbocycles. The lowest BCUT2D eigenvalue weighted by atomic mass is 10.3. The van der Waals surface area contributed by atoms with Crippen LogP contribution in [-0.2, 0) is 4.79 Å². The highest BCUT2D eigenvalue weighted by Gasteiger charge is 2.21. The summed E-state index contributed by atoms with van der Waals surface area (Å²) >= 11 is 1.71. The zero-order chi connectivity index (χ0) is 16.8. The Balaban J connectivity index is 1.40. The predicted molar refractivity (Wildman–Crippen MR) is 96.6 cm³/mol. The molecule has 1 aromatic heterocycles. The highest BCUT2D eigenvalue weighted by molar-refractivity contribution is 7.14. The van der Waals surface area contributed by atoms with Crippen molar-refractivity contribution >= 4 is 34.0 Å². The molecule has 1 fully saturated rings. The van der Waals surface area contributed by atoms with E-state index < -0.39 is 0 Å². The number of urea groups is 1. The van der Waals surface area contributed by atoms with Crippen molar-refractivity contribution in [2.45, 2.75) is 0 Å². The van der Waals surface area contributed by atoms with Crippen molar-refractivity contribution in [1.29, 1.82) is 0 Å². The fourth-order valence-corrected chi connectivity index (χ4v) is 3.36. The molecule has 0 aliphatic carbocycles. The fourth-order valence-electron chi connectivity index (χ4n) is 2.57. The van der Waals surface area contributed by atoms with Gasteiger partial charge in [-0.25, -0.2) is 4.79 Å². The highest BCUT2D eigenvalue weighted by atomic mass is 32.1. The fraction of sp³-hybridized carbons (Fsp3) is 0.294. The predicted octanol–water partition coefficient (Wildman–Crippen LogP) is 2.22. The Labute approximate surface area is 145 Å². The maximum atomic E-state index is 12.2. The Kier molecular flexibility index (Phi) is 5.32. The number of hydrogen-bond donors (Lipinski definition) is 2. The largest absolute Gasteiger partial charge is 0.360 e. The normalized spacial score (nSPS) is 14.3. The third-order valence-electron chi connectivity index (χ3n) is 3.84. The van der Waals surface area contributed by atoms with Crippen LogP contribution in [0.25, 0.3) is 0 Å². The van der Waals surface area contributed by atoms with Gasteiger partial charge in [-0.3, -0.25) is 4.79 Å². The minimum atomic E-state index is -0.230. The van der Waals surface area contributed by atoms with Gasteiger partial charge >= 0.3 is 6.03 Å². The molecule has 1 aliphatic rings. The minimum Gasteiger partial charge on any atom is -0.360 e. The Morgan fingerprint density at radius 2 is 1.75 bits per heavy atom. The van der Waals surface area contributed by atoms with Crippen LogP contribution >= 0.6 is 11.3 Å². The van der Waals surface area contributed by atoms with Gasteiger partial charge < -0.3 is 20.4 Å². The number of carbonyl (C=O) groups is 2. The van der Waals surface area contributed by atoms with Gasteiger partial charge in [-0.2, -0.15) is 0 Å². The number of nitrogens with zero attached hydrogens (tertiary/aromatic N) is 2. The summed E-state index contributed by atoms with van der Waals surface area (Å²) in [5, 5.41) is 8.72. The van der Waals surface area contributed by atoms with Crippen molar-refractivity contribution in [2.24, 2.45) is 0 Å². The molecular weight excluding hydrogens is 324 g/mol. The van der Waals surface area contributed by atoms with Crippen LogP contribution in [0, 0.1) is 0 Å². The van der Waals surface area contributed by atoms with E-state index in [2.05, 4.69) is 27.0 Å². The van der Waals surface area contributed by atoms with Gasteiger partial charge in [0.2, 0.25) is 5.91 Å². The van der Waals surface area contributed by atoms with Crippen LogP contribution < -0.4 is 15.5 Å². The number of para-hydroxylation sites is 1. The van der Waals surface area contributed by atoms with E-state index in [0.717, 1.165) is 18.8 Å². The van der Waals surface area contributed by atoms with E-state index in [0.29, 0.717) is 13.1 Å². The number of piperazine rings is 1. The number of thiophene rings is 1. The summed E-state index contributed by atoms with van der Waals surface area (Å²) in [6.45, 7) is 2.90. The molecule has 0 atom stereocenters. The summed E-state index contributed by atoms with van der Waals surface area (Å²) in [5.74, 6) is -0.230. The summed E-state index contributed by atoms with van der Waals surface area (Å²) in [7, 11) is 0. The molecule has 3 rings (SSSR count). The average molecular weight is 344 g/mol. The molecule has 0 spiro atoms. The molecule has 0 bridgehead atoms. The molecular formula is C17H20N4O2S. The van der Waals surface area contributed by atoms with E-state index in [1.165, 1.54) is 5.00 Å². The number of hydrogen-bond acceptors (Lipinski definition) is 4. The van der Waals surface area contributed by atoms with Crippen molar-refractivity contribution in [2.75, 3.05) is 42.9 Å². The molecule has 7 heteroatoms. The molecule has 2 aromatic rings. The van der Waals surface area contributed by atoms with Crippen molar-refractivity contribution < 1.29 is 9.59 Å². The van der Waals surface area contributed by atoms with Crippen LogP contribution in [0.5, 0.6) is 0 Å². The van der Waals surface area contributed by atoms with Crippen molar-refractivity contribution in [3.05, 3.63) is 47.8 Å². The van der Waals surface area contributed by atoms with Crippen molar-refractivity contribution in [3.8, 4) is 0 Å². The molecule has 24 heavy (non-hydrogen) atoms. The van der Waals surface area contributed by atoms with Gasteiger partial charge in [0.05, 0.1) is 11.5 Å². The Bertz CT molecular complexity index is 667. The smallest absolute Gasteiger partial charge is 0.317 e. The minimum absolute atomic E-state index is 0.0289. The van der Waals surface area contributed by atoms with E-state index in [-0.39, 0.29) is 18.5 Å². The van der Waals surface area contributed by atoms with Crippen molar-refractivity contribution in [3.63, 3.8) is 0 Å². The highest BCUT2D eigenvalue weighted by Crippen LogP contribution is 2.22. The maximum absolute atomic E-state index is 12.2. The summed E-state index contributed by atoms with van der Waals surface area (Å²) in [5.41, 5.74) is 0.723. The molecule has 6 nitrogen and oxygen atoms in total. The topological polar surface area (TPSA) is 64.7 Å². The number of carbonyl (C=O) groups excluding carboxylic acids is 2. The second-order valence-electron chi connectivity index (χ2n) is 5.50. The molecule has 1 aromatic carbocycles. The Morgan fingerprint density at radius 3 is 2.42 bits per heavy atom. The van der Waals surface area contributed by atoms with Crippen LogP contribution in [0.3, 0.4) is 0 Å². The van der Waals surface area contributed by atoms with Gasteiger partial charge in [-0.1, -0.05) is 18.2 Å². The number of benzene rings is 1.